The zero-order valence-electron chi connectivity index (χ0n) is 11.2. The smallest absolute Gasteiger partial charge is 0.134 e. The Bertz CT molecular complexity index is 568. The fraction of sp³-hybridized carbons (Fsp3) is 0.250. The van der Waals surface area contributed by atoms with Gasteiger partial charge < -0.3 is 10.4 Å². The van der Waals surface area contributed by atoms with E-state index in [9.17, 15) is 5.11 Å². The van der Waals surface area contributed by atoms with E-state index in [4.69, 9.17) is 0 Å². The number of nitrogens with one attached hydrogen (secondary N) is 1. The van der Waals surface area contributed by atoms with Gasteiger partial charge in [-0.05, 0) is 41.4 Å². The number of rotatable bonds is 4. The topological polar surface area (TPSA) is 32.3 Å². The minimum Gasteiger partial charge on any atom is -0.506 e. The molecule has 2 nitrogen and oxygen atoms in total. The maximum absolute atomic E-state index is 9.94. The Kier molecular flexibility index (Phi) is 4.61. The van der Waals surface area contributed by atoms with Gasteiger partial charge in [-0.1, -0.05) is 42.0 Å². The molecule has 0 amide bonds. The molecule has 0 heterocycles. The molecule has 0 fully saturated rings. The van der Waals surface area contributed by atoms with Gasteiger partial charge in [0.1, 0.15) is 5.75 Å². The van der Waals surface area contributed by atoms with E-state index in [-0.39, 0.29) is 6.04 Å². The summed E-state index contributed by atoms with van der Waals surface area (Å²) in [6.07, 6.45) is 0. The van der Waals surface area contributed by atoms with E-state index in [0.717, 1.165) is 10.0 Å². The van der Waals surface area contributed by atoms with E-state index >= 15 is 0 Å². The number of hydrogen-bond acceptors (Lipinski definition) is 2. The van der Waals surface area contributed by atoms with Gasteiger partial charge >= 0.3 is 0 Å². The molecule has 100 valence electrons. The van der Waals surface area contributed by atoms with Crippen LogP contribution in [-0.2, 0) is 6.54 Å². The fourth-order valence-corrected chi connectivity index (χ4v) is 2.43. The van der Waals surface area contributed by atoms with Crippen LogP contribution in [0.15, 0.2) is 46.9 Å². The molecule has 1 atom stereocenters. The van der Waals surface area contributed by atoms with E-state index in [1.807, 2.05) is 18.2 Å². The number of benzene rings is 2. The number of hydrogen-bond donors (Lipinski definition) is 2. The molecule has 3 heteroatoms. The van der Waals surface area contributed by atoms with Crippen LogP contribution in [0.1, 0.15) is 29.7 Å². The molecule has 19 heavy (non-hydrogen) atoms. The Hall–Kier alpha value is -1.32. The molecule has 0 radical (unpaired) electrons. The van der Waals surface area contributed by atoms with Gasteiger partial charge in [0, 0.05) is 18.2 Å². The Morgan fingerprint density at radius 1 is 1.21 bits per heavy atom. The molecule has 0 unspecified atom stereocenters. The van der Waals surface area contributed by atoms with Crippen LogP contribution < -0.4 is 5.32 Å². The molecule has 0 aliphatic rings. The number of phenolic OH excluding ortho intramolecular Hbond substituents is 1. The Morgan fingerprint density at radius 2 is 1.95 bits per heavy atom. The van der Waals surface area contributed by atoms with Crippen LogP contribution in [-0.4, -0.2) is 5.11 Å². The van der Waals surface area contributed by atoms with Crippen molar-refractivity contribution in [1.29, 1.82) is 0 Å². The lowest BCUT2D eigenvalue weighted by Crippen LogP contribution is -2.18. The minimum atomic E-state index is 0.248. The third kappa shape index (κ3) is 3.58. The largest absolute Gasteiger partial charge is 0.506 e. The fourth-order valence-electron chi connectivity index (χ4n) is 2.02. The van der Waals surface area contributed by atoms with Gasteiger partial charge in [-0.25, -0.2) is 0 Å². The van der Waals surface area contributed by atoms with Crippen molar-refractivity contribution in [3.63, 3.8) is 0 Å². The molecule has 0 spiro atoms. The first-order valence-electron chi connectivity index (χ1n) is 6.34. The van der Waals surface area contributed by atoms with Gasteiger partial charge in [-0.2, -0.15) is 0 Å². The van der Waals surface area contributed by atoms with E-state index in [1.54, 1.807) is 0 Å². The highest BCUT2D eigenvalue weighted by Crippen LogP contribution is 2.27. The molecular weight excluding hydrogens is 302 g/mol. The third-order valence-corrected chi connectivity index (χ3v) is 3.85. The van der Waals surface area contributed by atoms with Crippen molar-refractivity contribution < 1.29 is 5.11 Å². The Labute approximate surface area is 122 Å². The summed E-state index contributed by atoms with van der Waals surface area (Å²) < 4.78 is 0.731. The van der Waals surface area contributed by atoms with Crippen molar-refractivity contribution in [3.05, 3.63) is 63.6 Å². The van der Waals surface area contributed by atoms with Gasteiger partial charge in [-0.3, -0.25) is 0 Å². The highest BCUT2D eigenvalue weighted by atomic mass is 79.9. The van der Waals surface area contributed by atoms with Crippen molar-refractivity contribution >= 4 is 15.9 Å². The van der Waals surface area contributed by atoms with E-state index in [0.29, 0.717) is 12.3 Å². The van der Waals surface area contributed by atoms with Crippen LogP contribution in [0.4, 0.5) is 0 Å². The van der Waals surface area contributed by atoms with E-state index in [2.05, 4.69) is 59.4 Å². The quantitative estimate of drug-likeness (QED) is 0.879. The zero-order chi connectivity index (χ0) is 13.8. The van der Waals surface area contributed by atoms with Gasteiger partial charge in [0.05, 0.1) is 4.47 Å². The number of halogens is 1. The van der Waals surface area contributed by atoms with Crippen LogP contribution in [0.25, 0.3) is 0 Å². The summed E-state index contributed by atoms with van der Waals surface area (Å²) in [5.74, 6) is 0.312. The first kappa shape index (κ1) is 14.1. The van der Waals surface area contributed by atoms with Crippen LogP contribution >= 0.6 is 15.9 Å². The number of aromatic hydroxyl groups is 1. The van der Waals surface area contributed by atoms with Crippen molar-refractivity contribution in [1.82, 2.24) is 5.32 Å². The molecule has 0 aliphatic heterocycles. The lowest BCUT2D eigenvalue weighted by atomic mass is 10.1. The van der Waals surface area contributed by atoms with Crippen molar-refractivity contribution in [3.8, 4) is 5.75 Å². The van der Waals surface area contributed by atoms with Gasteiger partial charge in [-0.15, -0.1) is 0 Å². The lowest BCUT2D eigenvalue weighted by molar-refractivity contribution is 0.457. The SMILES string of the molecule is Cc1cccc([C@H](C)NCc2cccc(Br)c2O)c1. The summed E-state index contributed by atoms with van der Waals surface area (Å²) >= 11 is 3.33. The minimum absolute atomic E-state index is 0.248. The first-order chi connectivity index (χ1) is 9.08. The molecular formula is C16H18BrNO. The predicted molar refractivity (Wildman–Crippen MR) is 82.2 cm³/mol. The van der Waals surface area contributed by atoms with Crippen LogP contribution in [0.5, 0.6) is 5.75 Å². The first-order valence-corrected chi connectivity index (χ1v) is 7.13. The molecule has 0 saturated carbocycles. The van der Waals surface area contributed by atoms with Gasteiger partial charge in [0.25, 0.3) is 0 Å². The maximum atomic E-state index is 9.94. The molecule has 0 bridgehead atoms. The van der Waals surface area contributed by atoms with Crippen LogP contribution in [0.2, 0.25) is 0 Å². The van der Waals surface area contributed by atoms with Crippen LogP contribution in [0, 0.1) is 6.92 Å². The Morgan fingerprint density at radius 3 is 2.68 bits per heavy atom. The summed E-state index contributed by atoms with van der Waals surface area (Å²) in [6.45, 7) is 4.86. The summed E-state index contributed by atoms with van der Waals surface area (Å²) in [5.41, 5.74) is 3.42. The second kappa shape index (κ2) is 6.22. The van der Waals surface area contributed by atoms with E-state index < -0.39 is 0 Å². The van der Waals surface area contributed by atoms with Gasteiger partial charge in [0.15, 0.2) is 0 Å². The Balaban J connectivity index is 2.04. The summed E-state index contributed by atoms with van der Waals surface area (Å²) in [6, 6.07) is 14.4. The normalized spacial score (nSPS) is 12.4. The van der Waals surface area contributed by atoms with Crippen LogP contribution in [0.3, 0.4) is 0 Å². The molecule has 2 rings (SSSR count). The highest BCUT2D eigenvalue weighted by molar-refractivity contribution is 9.10. The number of phenols is 1. The molecule has 2 aromatic carbocycles. The second-order valence-corrected chi connectivity index (χ2v) is 5.62. The van der Waals surface area contributed by atoms with Gasteiger partial charge in [0.2, 0.25) is 0 Å². The number of para-hydroxylation sites is 1. The molecule has 0 aromatic heterocycles. The van der Waals surface area contributed by atoms with Crippen molar-refractivity contribution in [2.75, 3.05) is 0 Å². The third-order valence-electron chi connectivity index (χ3n) is 3.21. The zero-order valence-corrected chi connectivity index (χ0v) is 12.7. The van der Waals surface area contributed by atoms with Crippen molar-refractivity contribution in [2.45, 2.75) is 26.4 Å². The monoisotopic (exact) mass is 319 g/mol. The summed E-state index contributed by atoms with van der Waals surface area (Å²) in [7, 11) is 0. The average Bonchev–Trinajstić information content (AvgIpc) is 2.40. The highest BCUT2D eigenvalue weighted by Gasteiger charge is 2.08. The maximum Gasteiger partial charge on any atom is 0.134 e. The molecule has 0 aliphatic carbocycles. The molecule has 2 aromatic rings. The standard InChI is InChI=1S/C16H18BrNO/c1-11-5-3-6-13(9-11)12(2)18-10-14-7-4-8-15(17)16(14)19/h3-9,12,18-19H,10H2,1-2H3/t12-/m0/s1. The lowest BCUT2D eigenvalue weighted by Gasteiger charge is -2.15. The van der Waals surface area contributed by atoms with Crippen molar-refractivity contribution in [2.24, 2.45) is 0 Å². The number of aryl methyl sites for hydroxylation is 1. The average molecular weight is 320 g/mol. The molecule has 2 N–H and O–H groups in total. The summed E-state index contributed by atoms with van der Waals surface area (Å²) in [5, 5.41) is 13.4. The second-order valence-electron chi connectivity index (χ2n) is 4.76. The van der Waals surface area contributed by atoms with E-state index in [1.165, 1.54) is 11.1 Å². The predicted octanol–water partition coefficient (Wildman–Crippen LogP) is 4.31. The summed E-state index contributed by atoms with van der Waals surface area (Å²) in [4.78, 5) is 0. The molecule has 0 saturated heterocycles.